The lowest BCUT2D eigenvalue weighted by atomic mass is 9.74. The van der Waals surface area contributed by atoms with Gasteiger partial charge in [0.2, 0.25) is 5.91 Å². The largest absolute Gasteiger partial charge is 0.480 e. The molecule has 0 bridgehead atoms. The second-order valence-corrected chi connectivity index (χ2v) is 5.98. The number of aliphatic carboxylic acids is 1. The normalized spacial score (nSPS) is 29.4. The Kier molecular flexibility index (Phi) is 4.65. The quantitative estimate of drug-likeness (QED) is 0.686. The molecule has 6 heteroatoms. The van der Waals surface area contributed by atoms with Crippen LogP contribution in [0, 0.1) is 5.41 Å². The first-order valence-corrected chi connectivity index (χ1v) is 7.43. The number of nitrogens with one attached hydrogen (secondary N) is 1. The number of carboxylic acids is 1. The zero-order valence-electron chi connectivity index (χ0n) is 12.0. The number of carboxylic acid groups (broad SMARTS) is 1. The third-order valence-corrected chi connectivity index (χ3v) is 4.57. The Morgan fingerprint density at radius 2 is 2.00 bits per heavy atom. The SMILES string of the molecule is CCCC1(C(=O)N2C[C@H](O)C[C@@H]2C(=O)O)CCNCC1. The van der Waals surface area contributed by atoms with Crippen LogP contribution in [0.2, 0.25) is 0 Å². The van der Waals surface area contributed by atoms with Crippen LogP contribution in [0.1, 0.15) is 39.0 Å². The molecule has 0 aromatic heterocycles. The second kappa shape index (κ2) is 6.10. The lowest BCUT2D eigenvalue weighted by molar-refractivity contribution is -0.154. The summed E-state index contributed by atoms with van der Waals surface area (Å²) in [5, 5.41) is 22.2. The van der Waals surface area contributed by atoms with Crippen molar-refractivity contribution >= 4 is 11.9 Å². The van der Waals surface area contributed by atoms with Crippen molar-refractivity contribution in [2.75, 3.05) is 19.6 Å². The number of piperidine rings is 1. The molecule has 2 heterocycles. The van der Waals surface area contributed by atoms with Gasteiger partial charge in [-0.15, -0.1) is 0 Å². The van der Waals surface area contributed by atoms with E-state index < -0.39 is 23.5 Å². The predicted octanol–water partition coefficient (Wildman–Crippen LogP) is 0.203. The standard InChI is InChI=1S/C14H24N2O4/c1-2-3-14(4-6-15-7-5-14)13(20)16-9-10(17)8-11(16)12(18)19/h10-11,15,17H,2-9H2,1H3,(H,18,19)/t10-,11-/m1/s1. The molecule has 114 valence electrons. The summed E-state index contributed by atoms with van der Waals surface area (Å²) in [4.78, 5) is 25.6. The van der Waals surface area contributed by atoms with Gasteiger partial charge in [-0.1, -0.05) is 13.3 Å². The molecule has 0 unspecified atom stereocenters. The molecule has 2 rings (SSSR count). The van der Waals surface area contributed by atoms with Gasteiger partial charge in [0.05, 0.1) is 11.5 Å². The average molecular weight is 284 g/mol. The van der Waals surface area contributed by atoms with Crippen molar-refractivity contribution in [2.45, 2.75) is 51.2 Å². The fourth-order valence-corrected chi connectivity index (χ4v) is 3.53. The number of carbonyl (C=O) groups is 2. The number of carbonyl (C=O) groups excluding carboxylic acids is 1. The number of hydrogen-bond acceptors (Lipinski definition) is 4. The van der Waals surface area contributed by atoms with Crippen LogP contribution in [0.15, 0.2) is 0 Å². The summed E-state index contributed by atoms with van der Waals surface area (Å²) in [5.74, 6) is -1.10. The monoisotopic (exact) mass is 284 g/mol. The van der Waals surface area contributed by atoms with Crippen LogP contribution in [-0.2, 0) is 9.59 Å². The summed E-state index contributed by atoms with van der Waals surface area (Å²) in [6.45, 7) is 3.78. The molecule has 3 N–H and O–H groups in total. The van der Waals surface area contributed by atoms with Crippen molar-refractivity contribution < 1.29 is 19.8 Å². The van der Waals surface area contributed by atoms with Gasteiger partial charge in [-0.3, -0.25) is 4.79 Å². The van der Waals surface area contributed by atoms with Crippen molar-refractivity contribution in [3.8, 4) is 0 Å². The summed E-state index contributed by atoms with van der Waals surface area (Å²) in [7, 11) is 0. The molecule has 20 heavy (non-hydrogen) atoms. The molecular formula is C14H24N2O4. The Hall–Kier alpha value is -1.14. The highest BCUT2D eigenvalue weighted by Gasteiger charge is 2.47. The van der Waals surface area contributed by atoms with Gasteiger partial charge in [0, 0.05) is 13.0 Å². The van der Waals surface area contributed by atoms with E-state index in [1.54, 1.807) is 0 Å². The van der Waals surface area contributed by atoms with Crippen molar-refractivity contribution in [2.24, 2.45) is 5.41 Å². The lowest BCUT2D eigenvalue weighted by Gasteiger charge is -2.40. The highest BCUT2D eigenvalue weighted by molar-refractivity contribution is 5.88. The maximum absolute atomic E-state index is 12.9. The van der Waals surface area contributed by atoms with E-state index >= 15 is 0 Å². The second-order valence-electron chi connectivity index (χ2n) is 5.98. The van der Waals surface area contributed by atoms with Gasteiger partial charge in [0.25, 0.3) is 0 Å². The first kappa shape index (κ1) is 15.3. The first-order chi connectivity index (χ1) is 9.50. The molecule has 6 nitrogen and oxygen atoms in total. The zero-order valence-corrected chi connectivity index (χ0v) is 12.0. The van der Waals surface area contributed by atoms with Crippen LogP contribution in [0.25, 0.3) is 0 Å². The number of hydrogen-bond donors (Lipinski definition) is 3. The summed E-state index contributed by atoms with van der Waals surface area (Å²) in [6, 6.07) is -0.874. The number of likely N-dealkylation sites (tertiary alicyclic amines) is 1. The summed E-state index contributed by atoms with van der Waals surface area (Å²) in [6.07, 6.45) is 2.60. The van der Waals surface area contributed by atoms with E-state index in [2.05, 4.69) is 5.32 Å². The van der Waals surface area contributed by atoms with E-state index in [0.29, 0.717) is 0 Å². The molecule has 2 saturated heterocycles. The minimum atomic E-state index is -1.02. The Morgan fingerprint density at radius 3 is 2.55 bits per heavy atom. The molecule has 2 fully saturated rings. The molecule has 0 aromatic carbocycles. The van der Waals surface area contributed by atoms with Gasteiger partial charge in [0.1, 0.15) is 6.04 Å². The Balaban J connectivity index is 2.20. The Morgan fingerprint density at radius 1 is 1.35 bits per heavy atom. The molecule has 0 aromatic rings. The third kappa shape index (κ3) is 2.81. The minimum absolute atomic E-state index is 0.0789. The highest BCUT2D eigenvalue weighted by Crippen LogP contribution is 2.38. The molecule has 0 radical (unpaired) electrons. The molecule has 2 aliphatic rings. The third-order valence-electron chi connectivity index (χ3n) is 4.57. The van der Waals surface area contributed by atoms with Gasteiger partial charge < -0.3 is 20.4 Å². The fraction of sp³-hybridized carbons (Fsp3) is 0.857. The van der Waals surface area contributed by atoms with Gasteiger partial charge >= 0.3 is 5.97 Å². The number of rotatable bonds is 4. The van der Waals surface area contributed by atoms with Gasteiger partial charge in [0.15, 0.2) is 0 Å². The van der Waals surface area contributed by atoms with Gasteiger partial charge in [-0.25, -0.2) is 4.79 Å². The van der Waals surface area contributed by atoms with Crippen LogP contribution in [-0.4, -0.2) is 58.8 Å². The molecule has 0 spiro atoms. The highest BCUT2D eigenvalue weighted by atomic mass is 16.4. The van der Waals surface area contributed by atoms with Crippen molar-refractivity contribution in [3.63, 3.8) is 0 Å². The van der Waals surface area contributed by atoms with E-state index in [9.17, 15) is 19.8 Å². The van der Waals surface area contributed by atoms with Gasteiger partial charge in [-0.2, -0.15) is 0 Å². The molecule has 2 aliphatic heterocycles. The molecule has 0 saturated carbocycles. The zero-order chi connectivity index (χ0) is 14.8. The van der Waals surface area contributed by atoms with E-state index in [-0.39, 0.29) is 18.9 Å². The fourth-order valence-electron chi connectivity index (χ4n) is 3.53. The van der Waals surface area contributed by atoms with Crippen LogP contribution in [0.3, 0.4) is 0 Å². The van der Waals surface area contributed by atoms with Crippen LogP contribution >= 0.6 is 0 Å². The summed E-state index contributed by atoms with van der Waals surface area (Å²) < 4.78 is 0. The Bertz CT molecular complexity index is 374. The van der Waals surface area contributed by atoms with Crippen LogP contribution < -0.4 is 5.32 Å². The average Bonchev–Trinajstić information content (AvgIpc) is 2.81. The number of β-amino-alcohol motifs (C(OH)–C–C–N with tert-alkyl or cyclic N) is 1. The van der Waals surface area contributed by atoms with Crippen LogP contribution in [0.5, 0.6) is 0 Å². The van der Waals surface area contributed by atoms with E-state index in [1.165, 1.54) is 4.90 Å². The van der Waals surface area contributed by atoms with Crippen molar-refractivity contribution in [1.82, 2.24) is 10.2 Å². The maximum Gasteiger partial charge on any atom is 0.326 e. The molecule has 0 aliphatic carbocycles. The summed E-state index contributed by atoms with van der Waals surface area (Å²) in [5.41, 5.74) is -0.447. The number of aliphatic hydroxyl groups is 1. The van der Waals surface area contributed by atoms with Crippen molar-refractivity contribution in [1.29, 1.82) is 0 Å². The molecular weight excluding hydrogens is 260 g/mol. The predicted molar refractivity (Wildman–Crippen MR) is 73.2 cm³/mol. The topological polar surface area (TPSA) is 89.9 Å². The summed E-state index contributed by atoms with van der Waals surface area (Å²) >= 11 is 0. The van der Waals surface area contributed by atoms with E-state index in [1.807, 2.05) is 6.92 Å². The first-order valence-electron chi connectivity index (χ1n) is 7.43. The Labute approximate surface area is 119 Å². The molecule has 2 atom stereocenters. The smallest absolute Gasteiger partial charge is 0.326 e. The molecule has 1 amide bonds. The number of aliphatic hydroxyl groups excluding tert-OH is 1. The van der Waals surface area contributed by atoms with Crippen LogP contribution in [0.4, 0.5) is 0 Å². The minimum Gasteiger partial charge on any atom is -0.480 e. The lowest BCUT2D eigenvalue weighted by Crippen LogP contribution is -2.52. The number of amides is 1. The maximum atomic E-state index is 12.9. The van der Waals surface area contributed by atoms with Gasteiger partial charge in [-0.05, 0) is 32.4 Å². The van der Waals surface area contributed by atoms with E-state index in [4.69, 9.17) is 0 Å². The van der Waals surface area contributed by atoms with E-state index in [0.717, 1.165) is 38.8 Å². The van der Waals surface area contributed by atoms with Crippen molar-refractivity contribution in [3.05, 3.63) is 0 Å². The number of nitrogens with zero attached hydrogens (tertiary/aromatic N) is 1.